The van der Waals surface area contributed by atoms with Gasteiger partial charge in [0.15, 0.2) is 11.6 Å². The van der Waals surface area contributed by atoms with Crippen LogP contribution in [0.15, 0.2) is 22.2 Å². The molecular formula is C25H33FN4O5. The number of rotatable bonds is 9. The van der Waals surface area contributed by atoms with Crippen molar-refractivity contribution in [3.8, 4) is 5.75 Å². The summed E-state index contributed by atoms with van der Waals surface area (Å²) in [6.07, 6.45) is 3.91. The fraction of sp³-hybridized carbons (Fsp3) is 0.560. The SMILES string of the molecule is CCO/N=C(\C)CCN1CCN(c2c(F)cc3c(=O)c(C(=O)O)cn(C4CC4)c3c2OC)CC1C. The van der Waals surface area contributed by atoms with Crippen LogP contribution in [-0.2, 0) is 4.84 Å². The largest absolute Gasteiger partial charge is 0.492 e. The van der Waals surface area contributed by atoms with E-state index in [1.165, 1.54) is 19.4 Å². The van der Waals surface area contributed by atoms with E-state index in [2.05, 4.69) is 17.0 Å². The summed E-state index contributed by atoms with van der Waals surface area (Å²) in [4.78, 5) is 34.0. The minimum absolute atomic E-state index is 0.0330. The van der Waals surface area contributed by atoms with Crippen LogP contribution in [-0.4, -0.2) is 72.2 Å². The lowest BCUT2D eigenvalue weighted by atomic mass is 10.1. The number of ether oxygens (including phenoxy) is 1. The molecule has 10 heteroatoms. The van der Waals surface area contributed by atoms with Crippen molar-refractivity contribution in [2.24, 2.45) is 5.16 Å². The van der Waals surface area contributed by atoms with Gasteiger partial charge in [-0.3, -0.25) is 9.69 Å². The molecule has 190 valence electrons. The Hall–Kier alpha value is -3.14. The number of carbonyl (C=O) groups is 1. The highest BCUT2D eigenvalue weighted by Crippen LogP contribution is 2.44. The van der Waals surface area contributed by atoms with Crippen LogP contribution in [0.2, 0.25) is 0 Å². The van der Waals surface area contributed by atoms with E-state index in [0.29, 0.717) is 30.9 Å². The third kappa shape index (κ3) is 4.98. The topological polar surface area (TPSA) is 96.6 Å². The van der Waals surface area contributed by atoms with E-state index in [-0.39, 0.29) is 28.8 Å². The van der Waals surface area contributed by atoms with E-state index in [0.717, 1.165) is 38.1 Å². The standard InChI is InChI=1S/C25H33FN4O5/c1-5-35-27-15(2)8-9-28-10-11-29(13-16(28)3)22-20(26)12-18-21(24(22)34-4)30(17-6-7-17)14-19(23(18)31)25(32)33/h12,14,16-17H,5-11,13H2,1-4H3,(H,32,33)/b27-15+. The van der Waals surface area contributed by atoms with Crippen LogP contribution in [0, 0.1) is 5.82 Å². The maximum absolute atomic E-state index is 15.5. The number of oxime groups is 1. The molecule has 0 radical (unpaired) electrons. The minimum atomic E-state index is -1.32. The summed E-state index contributed by atoms with van der Waals surface area (Å²) in [6.45, 7) is 9.22. The van der Waals surface area contributed by atoms with Gasteiger partial charge in [0.2, 0.25) is 5.43 Å². The van der Waals surface area contributed by atoms with Crippen LogP contribution in [0.4, 0.5) is 10.1 Å². The average Bonchev–Trinajstić information content (AvgIpc) is 3.67. The lowest BCUT2D eigenvalue weighted by molar-refractivity contribution is 0.0694. The molecule has 0 amide bonds. The first-order valence-corrected chi connectivity index (χ1v) is 12.1. The molecule has 0 bridgehead atoms. The fourth-order valence-corrected chi connectivity index (χ4v) is 4.78. The zero-order chi connectivity index (χ0) is 25.3. The number of piperazine rings is 1. The van der Waals surface area contributed by atoms with Crippen molar-refractivity contribution >= 4 is 28.3 Å². The molecule has 1 aliphatic heterocycles. The summed E-state index contributed by atoms with van der Waals surface area (Å²) < 4.78 is 23.0. The highest BCUT2D eigenvalue weighted by atomic mass is 19.1. The summed E-state index contributed by atoms with van der Waals surface area (Å²) in [5.74, 6) is -1.63. The number of carboxylic acids is 1. The predicted molar refractivity (Wildman–Crippen MR) is 133 cm³/mol. The Morgan fingerprint density at radius 2 is 2.06 bits per heavy atom. The van der Waals surface area contributed by atoms with E-state index in [1.807, 2.05) is 18.7 Å². The molecule has 4 rings (SSSR count). The smallest absolute Gasteiger partial charge is 0.341 e. The first-order chi connectivity index (χ1) is 16.8. The first kappa shape index (κ1) is 25.0. The predicted octanol–water partition coefficient (Wildman–Crippen LogP) is 3.50. The van der Waals surface area contributed by atoms with Crippen molar-refractivity contribution in [2.45, 2.75) is 52.1 Å². The number of anilines is 1. The molecule has 1 saturated carbocycles. The van der Waals surface area contributed by atoms with E-state index in [9.17, 15) is 14.7 Å². The van der Waals surface area contributed by atoms with Crippen LogP contribution >= 0.6 is 0 Å². The lowest BCUT2D eigenvalue weighted by Crippen LogP contribution is -2.52. The number of pyridine rings is 1. The van der Waals surface area contributed by atoms with Gasteiger partial charge in [0.05, 0.1) is 23.7 Å². The van der Waals surface area contributed by atoms with Gasteiger partial charge >= 0.3 is 5.97 Å². The maximum atomic E-state index is 15.5. The van der Waals surface area contributed by atoms with Crippen molar-refractivity contribution in [2.75, 3.05) is 44.8 Å². The third-order valence-corrected chi connectivity index (χ3v) is 6.76. The molecule has 1 aliphatic carbocycles. The molecule has 2 heterocycles. The molecule has 0 spiro atoms. The Kier molecular flexibility index (Phi) is 7.30. The molecule has 1 aromatic carbocycles. The Morgan fingerprint density at radius 1 is 1.31 bits per heavy atom. The van der Waals surface area contributed by atoms with Gasteiger partial charge < -0.3 is 24.1 Å². The van der Waals surface area contributed by atoms with Gasteiger partial charge in [0.25, 0.3) is 0 Å². The van der Waals surface area contributed by atoms with E-state index in [4.69, 9.17) is 9.57 Å². The Balaban J connectivity index is 1.67. The van der Waals surface area contributed by atoms with Crippen LogP contribution in [0.1, 0.15) is 56.4 Å². The monoisotopic (exact) mass is 488 g/mol. The molecule has 1 unspecified atom stereocenters. The van der Waals surface area contributed by atoms with Crippen molar-refractivity contribution < 1.29 is 23.9 Å². The third-order valence-electron chi connectivity index (χ3n) is 6.76. The zero-order valence-electron chi connectivity index (χ0n) is 20.7. The van der Waals surface area contributed by atoms with Crippen LogP contribution in [0.25, 0.3) is 10.9 Å². The van der Waals surface area contributed by atoms with E-state index >= 15 is 4.39 Å². The highest BCUT2D eigenvalue weighted by Gasteiger charge is 2.33. The highest BCUT2D eigenvalue weighted by molar-refractivity contribution is 5.97. The second kappa shape index (κ2) is 10.2. The number of fused-ring (bicyclic) bond motifs is 1. The van der Waals surface area contributed by atoms with Crippen LogP contribution < -0.4 is 15.1 Å². The number of benzene rings is 1. The van der Waals surface area contributed by atoms with Gasteiger partial charge in [-0.1, -0.05) is 5.16 Å². The number of aromatic carboxylic acids is 1. The Morgan fingerprint density at radius 3 is 2.66 bits per heavy atom. The van der Waals surface area contributed by atoms with Gasteiger partial charge in [-0.2, -0.15) is 0 Å². The molecule has 2 fully saturated rings. The summed E-state index contributed by atoms with van der Waals surface area (Å²) in [7, 11) is 1.46. The van der Waals surface area contributed by atoms with Crippen LogP contribution in [0.5, 0.6) is 5.75 Å². The maximum Gasteiger partial charge on any atom is 0.341 e. The normalized spacial score (nSPS) is 19.3. The van der Waals surface area contributed by atoms with Gasteiger partial charge in [-0.25, -0.2) is 9.18 Å². The number of aromatic nitrogens is 1. The number of carboxylic acid groups (broad SMARTS) is 1. The summed E-state index contributed by atoms with van der Waals surface area (Å²) in [5.41, 5.74) is 0.652. The number of methoxy groups -OCH3 is 1. The zero-order valence-corrected chi connectivity index (χ0v) is 20.7. The van der Waals surface area contributed by atoms with Crippen molar-refractivity contribution in [1.29, 1.82) is 0 Å². The summed E-state index contributed by atoms with van der Waals surface area (Å²) in [6, 6.07) is 1.40. The number of hydrogen-bond donors (Lipinski definition) is 1. The van der Waals surface area contributed by atoms with Crippen molar-refractivity contribution in [3.63, 3.8) is 0 Å². The minimum Gasteiger partial charge on any atom is -0.492 e. The second-order valence-electron chi connectivity index (χ2n) is 9.28. The molecule has 1 aromatic heterocycles. The lowest BCUT2D eigenvalue weighted by Gasteiger charge is -2.41. The molecule has 1 saturated heterocycles. The van der Waals surface area contributed by atoms with E-state index < -0.39 is 17.2 Å². The van der Waals surface area contributed by atoms with Gasteiger partial charge in [-0.05, 0) is 39.7 Å². The van der Waals surface area contributed by atoms with Gasteiger partial charge in [-0.15, -0.1) is 0 Å². The van der Waals surface area contributed by atoms with Gasteiger partial charge in [0.1, 0.15) is 17.9 Å². The quantitative estimate of drug-likeness (QED) is 0.426. The Bertz CT molecular complexity index is 1210. The second-order valence-corrected chi connectivity index (χ2v) is 9.28. The van der Waals surface area contributed by atoms with Crippen molar-refractivity contribution in [3.05, 3.63) is 33.9 Å². The Labute approximate surface area is 203 Å². The first-order valence-electron chi connectivity index (χ1n) is 12.1. The fourth-order valence-electron chi connectivity index (χ4n) is 4.78. The molecular weight excluding hydrogens is 455 g/mol. The molecule has 1 N–H and O–H groups in total. The van der Waals surface area contributed by atoms with Crippen molar-refractivity contribution in [1.82, 2.24) is 9.47 Å². The number of hydrogen-bond acceptors (Lipinski definition) is 7. The molecule has 35 heavy (non-hydrogen) atoms. The summed E-state index contributed by atoms with van der Waals surface area (Å²) in [5, 5.41) is 13.6. The molecule has 1 atom stereocenters. The molecule has 9 nitrogen and oxygen atoms in total. The van der Waals surface area contributed by atoms with E-state index in [1.54, 1.807) is 4.57 Å². The molecule has 2 aliphatic rings. The van der Waals surface area contributed by atoms with Gasteiger partial charge in [0, 0.05) is 50.9 Å². The number of nitrogens with zero attached hydrogens (tertiary/aromatic N) is 4. The number of halogens is 1. The average molecular weight is 489 g/mol. The summed E-state index contributed by atoms with van der Waals surface area (Å²) >= 11 is 0. The molecule has 2 aromatic rings. The van der Waals surface area contributed by atoms with Crippen LogP contribution in [0.3, 0.4) is 0 Å².